The maximum atomic E-state index is 12.8. The molecule has 0 saturated carbocycles. The Morgan fingerprint density at radius 2 is 1.96 bits per heavy atom. The molecule has 0 radical (unpaired) electrons. The summed E-state index contributed by atoms with van der Waals surface area (Å²) in [5.74, 6) is -0.831. The first-order valence-electron chi connectivity index (χ1n) is 8.17. The fourth-order valence-electron chi connectivity index (χ4n) is 3.07. The average molecular weight is 412 g/mol. The molecule has 132 valence electrons. The summed E-state index contributed by atoms with van der Waals surface area (Å²) in [5, 5.41) is 11.1. The topological polar surface area (TPSA) is 57.6 Å². The molecule has 5 heteroatoms. The molecular formula is C21H18BrNO3. The number of anilines is 1. The van der Waals surface area contributed by atoms with Crippen LogP contribution in [0.15, 0.2) is 71.7 Å². The number of amides is 1. The van der Waals surface area contributed by atoms with Crippen LogP contribution in [0.4, 0.5) is 5.69 Å². The van der Waals surface area contributed by atoms with Crippen LogP contribution < -0.4 is 4.90 Å². The number of halogens is 1. The van der Waals surface area contributed by atoms with E-state index in [9.17, 15) is 14.7 Å². The number of rotatable bonds is 6. The molecule has 4 nitrogen and oxygen atoms in total. The van der Waals surface area contributed by atoms with Crippen molar-refractivity contribution in [3.63, 3.8) is 0 Å². The highest BCUT2D eigenvalue weighted by molar-refractivity contribution is 9.10. The average Bonchev–Trinajstić information content (AvgIpc) is 2.83. The van der Waals surface area contributed by atoms with Crippen LogP contribution in [0, 0.1) is 0 Å². The molecule has 1 aliphatic rings. The van der Waals surface area contributed by atoms with Gasteiger partial charge in [-0.15, -0.1) is 6.58 Å². The van der Waals surface area contributed by atoms with E-state index in [0.29, 0.717) is 11.3 Å². The number of ketones is 1. The van der Waals surface area contributed by atoms with Gasteiger partial charge >= 0.3 is 0 Å². The highest BCUT2D eigenvalue weighted by Crippen LogP contribution is 2.43. The maximum absolute atomic E-state index is 12.8. The second kappa shape index (κ2) is 7.40. The molecule has 0 aliphatic carbocycles. The summed E-state index contributed by atoms with van der Waals surface area (Å²) < 4.78 is 0.732. The minimum atomic E-state index is -1.87. The zero-order chi connectivity index (χ0) is 18.7. The fourth-order valence-corrected chi connectivity index (χ4v) is 3.43. The number of aliphatic hydroxyl groups is 1. The number of hydrogen-bond acceptors (Lipinski definition) is 3. The molecule has 1 aliphatic heterocycles. The Labute approximate surface area is 160 Å². The van der Waals surface area contributed by atoms with Gasteiger partial charge in [-0.2, -0.15) is 0 Å². The molecule has 1 atom stereocenters. The van der Waals surface area contributed by atoms with E-state index in [0.717, 1.165) is 10.0 Å². The number of carbonyl (C=O) groups excluding carboxylic acids is 2. The summed E-state index contributed by atoms with van der Waals surface area (Å²) in [7, 11) is 0. The van der Waals surface area contributed by atoms with Crippen molar-refractivity contribution in [2.75, 3.05) is 11.4 Å². The van der Waals surface area contributed by atoms with E-state index in [1.54, 1.807) is 30.4 Å². The lowest BCUT2D eigenvalue weighted by Gasteiger charge is -2.21. The summed E-state index contributed by atoms with van der Waals surface area (Å²) in [5.41, 5.74) is 0.0305. The predicted octanol–water partition coefficient (Wildman–Crippen LogP) is 3.84. The molecule has 1 N–H and O–H groups in total. The van der Waals surface area contributed by atoms with Crippen molar-refractivity contribution in [3.05, 3.63) is 82.9 Å². The number of nitrogens with zero attached hydrogens (tertiary/aromatic N) is 1. The third-order valence-electron chi connectivity index (χ3n) is 4.30. The van der Waals surface area contributed by atoms with Gasteiger partial charge in [0.2, 0.25) is 0 Å². The van der Waals surface area contributed by atoms with E-state index in [1.165, 1.54) is 11.0 Å². The smallest absolute Gasteiger partial charge is 0.264 e. The van der Waals surface area contributed by atoms with Crippen molar-refractivity contribution in [1.29, 1.82) is 0 Å². The van der Waals surface area contributed by atoms with Gasteiger partial charge in [0.15, 0.2) is 11.4 Å². The van der Waals surface area contributed by atoms with Gasteiger partial charge in [-0.1, -0.05) is 58.4 Å². The van der Waals surface area contributed by atoms with Crippen LogP contribution in [0.1, 0.15) is 17.5 Å². The third-order valence-corrected chi connectivity index (χ3v) is 4.79. The lowest BCUT2D eigenvalue weighted by Crippen LogP contribution is -2.41. The van der Waals surface area contributed by atoms with Gasteiger partial charge in [0.1, 0.15) is 0 Å². The van der Waals surface area contributed by atoms with Gasteiger partial charge in [0.25, 0.3) is 5.91 Å². The molecule has 1 unspecified atom stereocenters. The Morgan fingerprint density at radius 3 is 2.65 bits per heavy atom. The first-order valence-corrected chi connectivity index (χ1v) is 8.96. The summed E-state index contributed by atoms with van der Waals surface area (Å²) in [6.07, 6.45) is 4.35. The van der Waals surface area contributed by atoms with Crippen molar-refractivity contribution < 1.29 is 14.7 Å². The van der Waals surface area contributed by atoms with Crippen LogP contribution in [0.3, 0.4) is 0 Å². The highest BCUT2D eigenvalue weighted by atomic mass is 79.9. The Balaban J connectivity index is 1.89. The molecule has 3 rings (SSSR count). The number of fused-ring (bicyclic) bond motifs is 1. The van der Waals surface area contributed by atoms with Gasteiger partial charge in [0, 0.05) is 16.6 Å². The van der Waals surface area contributed by atoms with Crippen molar-refractivity contribution in [2.45, 2.75) is 12.0 Å². The minimum absolute atomic E-state index is 0.268. The largest absolute Gasteiger partial charge is 0.375 e. The van der Waals surface area contributed by atoms with E-state index in [4.69, 9.17) is 0 Å². The zero-order valence-corrected chi connectivity index (χ0v) is 15.6. The van der Waals surface area contributed by atoms with Crippen LogP contribution in [0.5, 0.6) is 0 Å². The van der Waals surface area contributed by atoms with Gasteiger partial charge in [-0.05, 0) is 29.8 Å². The molecule has 26 heavy (non-hydrogen) atoms. The monoisotopic (exact) mass is 411 g/mol. The van der Waals surface area contributed by atoms with Crippen molar-refractivity contribution in [3.8, 4) is 0 Å². The molecule has 2 aromatic carbocycles. The van der Waals surface area contributed by atoms with E-state index >= 15 is 0 Å². The number of benzene rings is 2. The second-order valence-corrected chi connectivity index (χ2v) is 7.03. The fraction of sp³-hybridized carbons (Fsp3) is 0.143. The summed E-state index contributed by atoms with van der Waals surface area (Å²) in [4.78, 5) is 26.7. The van der Waals surface area contributed by atoms with Crippen LogP contribution in [0.25, 0.3) is 6.08 Å². The van der Waals surface area contributed by atoms with Crippen LogP contribution in [-0.4, -0.2) is 23.3 Å². The van der Waals surface area contributed by atoms with E-state index in [-0.39, 0.29) is 18.7 Å². The van der Waals surface area contributed by atoms with Crippen LogP contribution in [-0.2, 0) is 15.2 Å². The summed E-state index contributed by atoms with van der Waals surface area (Å²) in [6.45, 7) is 3.93. The quantitative estimate of drug-likeness (QED) is 0.580. The van der Waals surface area contributed by atoms with Crippen molar-refractivity contribution >= 4 is 39.4 Å². The van der Waals surface area contributed by atoms with Gasteiger partial charge < -0.3 is 10.0 Å². The van der Waals surface area contributed by atoms with Crippen LogP contribution in [0.2, 0.25) is 0 Å². The molecule has 0 aromatic heterocycles. The number of allylic oxidation sites excluding steroid dienone is 1. The molecule has 1 heterocycles. The van der Waals surface area contributed by atoms with E-state index in [2.05, 4.69) is 22.5 Å². The Bertz CT molecular complexity index is 891. The van der Waals surface area contributed by atoms with Crippen molar-refractivity contribution in [1.82, 2.24) is 0 Å². The minimum Gasteiger partial charge on any atom is -0.375 e. The van der Waals surface area contributed by atoms with Crippen molar-refractivity contribution in [2.24, 2.45) is 0 Å². The third kappa shape index (κ3) is 3.41. The molecular weight excluding hydrogens is 394 g/mol. The molecule has 0 spiro atoms. The van der Waals surface area contributed by atoms with Gasteiger partial charge in [-0.3, -0.25) is 9.59 Å². The zero-order valence-electron chi connectivity index (χ0n) is 14.1. The van der Waals surface area contributed by atoms with Crippen LogP contribution >= 0.6 is 15.9 Å². The highest BCUT2D eigenvalue weighted by Gasteiger charge is 2.50. The first-order chi connectivity index (χ1) is 12.5. The molecule has 0 fully saturated rings. The summed E-state index contributed by atoms with van der Waals surface area (Å²) in [6, 6.07) is 14.6. The van der Waals surface area contributed by atoms with Gasteiger partial charge in [-0.25, -0.2) is 0 Å². The normalized spacial score (nSPS) is 19.0. The molecule has 2 aromatic rings. The number of hydrogen-bond donors (Lipinski definition) is 1. The lowest BCUT2D eigenvalue weighted by atomic mass is 9.89. The van der Waals surface area contributed by atoms with Gasteiger partial charge in [0.05, 0.1) is 12.1 Å². The Hall–Kier alpha value is -2.50. The maximum Gasteiger partial charge on any atom is 0.264 e. The van der Waals surface area contributed by atoms with E-state index in [1.807, 2.05) is 30.3 Å². The predicted molar refractivity (Wildman–Crippen MR) is 106 cm³/mol. The lowest BCUT2D eigenvalue weighted by molar-refractivity contribution is -0.140. The standard InChI is InChI=1S/C21H18BrNO3/c1-2-12-23-19-11-9-16(22)13-18(19)21(26,20(23)25)14-17(24)10-8-15-6-4-3-5-7-15/h2-11,13,26H,1,12,14H2. The Kier molecular flexibility index (Phi) is 5.20. The second-order valence-electron chi connectivity index (χ2n) is 6.11. The SMILES string of the molecule is C=CCN1C(=O)C(O)(CC(=O)C=Cc2ccccc2)c2cc(Br)ccc21. The molecule has 0 saturated heterocycles. The summed E-state index contributed by atoms with van der Waals surface area (Å²) >= 11 is 3.36. The first kappa shape index (κ1) is 18.3. The Morgan fingerprint density at radius 1 is 1.23 bits per heavy atom. The molecule has 0 bridgehead atoms. The van der Waals surface area contributed by atoms with E-state index < -0.39 is 11.5 Å². The molecule has 1 amide bonds. The number of carbonyl (C=O) groups is 2.